The van der Waals surface area contributed by atoms with Crippen LogP contribution in [0, 0.1) is 34.5 Å². The van der Waals surface area contributed by atoms with Crippen molar-refractivity contribution in [3.05, 3.63) is 12.2 Å². The molecule has 0 aromatic heterocycles. The van der Waals surface area contributed by atoms with Gasteiger partial charge in [0.05, 0.1) is 19.6 Å². The summed E-state index contributed by atoms with van der Waals surface area (Å²) in [5.74, 6) is 2.69. The van der Waals surface area contributed by atoms with E-state index < -0.39 is 0 Å². The van der Waals surface area contributed by atoms with Gasteiger partial charge in [-0.25, -0.2) is 4.89 Å². The smallest absolute Gasteiger partial charge is 0.306 e. The Hall–Kier alpha value is -0.870. The zero-order chi connectivity index (χ0) is 17.7. The maximum Gasteiger partial charge on any atom is 0.306 e. The molecule has 7 atom stereocenters. The number of carbonyl (C=O) groups excluding carboxylic acids is 1. The van der Waals surface area contributed by atoms with Crippen molar-refractivity contribution in [2.75, 3.05) is 7.11 Å². The largest absolute Gasteiger partial charge is 0.469 e. The summed E-state index contributed by atoms with van der Waals surface area (Å²) >= 11 is 0. The Kier molecular flexibility index (Phi) is 4.48. The summed E-state index contributed by atoms with van der Waals surface area (Å²) in [7, 11) is 1.51. The number of methoxy groups -OCH3 is 1. The predicted octanol–water partition coefficient (Wildman–Crippen LogP) is 4.60. The van der Waals surface area contributed by atoms with Crippen molar-refractivity contribution in [3.8, 4) is 0 Å². The number of fused-ring (bicyclic) bond motifs is 5. The molecule has 1 N–H and O–H groups in total. The molecule has 0 spiro atoms. The van der Waals surface area contributed by atoms with Gasteiger partial charge in [-0.05, 0) is 80.5 Å². The fraction of sp³-hybridized carbons (Fsp3) is 0.857. The number of esters is 1. The van der Waals surface area contributed by atoms with E-state index in [0.29, 0.717) is 23.7 Å². The summed E-state index contributed by atoms with van der Waals surface area (Å²) in [6.07, 6.45) is 14.4. The Morgan fingerprint density at radius 2 is 2.04 bits per heavy atom. The first-order valence-electron chi connectivity index (χ1n) is 10.1. The van der Waals surface area contributed by atoms with Gasteiger partial charge in [0.2, 0.25) is 0 Å². The van der Waals surface area contributed by atoms with E-state index in [1.54, 1.807) is 0 Å². The quantitative estimate of drug-likeness (QED) is 0.351. The lowest BCUT2D eigenvalue weighted by atomic mass is 9.44. The van der Waals surface area contributed by atoms with E-state index in [9.17, 15) is 4.79 Å². The molecule has 4 nitrogen and oxygen atoms in total. The highest BCUT2D eigenvalue weighted by atomic mass is 17.1. The van der Waals surface area contributed by atoms with Crippen LogP contribution in [0.2, 0.25) is 0 Å². The van der Waals surface area contributed by atoms with Gasteiger partial charge in [0.25, 0.3) is 0 Å². The monoisotopic (exact) mass is 348 g/mol. The first-order chi connectivity index (χ1) is 12.0. The molecule has 3 saturated carbocycles. The number of rotatable bonds is 3. The van der Waals surface area contributed by atoms with Crippen LogP contribution >= 0.6 is 0 Å². The van der Waals surface area contributed by atoms with Gasteiger partial charge in [0.15, 0.2) is 0 Å². The van der Waals surface area contributed by atoms with Crippen molar-refractivity contribution in [1.82, 2.24) is 0 Å². The average molecular weight is 348 g/mol. The van der Waals surface area contributed by atoms with E-state index in [-0.39, 0.29) is 17.5 Å². The molecule has 0 aliphatic heterocycles. The number of hydrogen-bond donors (Lipinski definition) is 1. The number of allylic oxidation sites excluding steroid dienone is 2. The molecule has 0 heterocycles. The molecule has 0 radical (unpaired) electrons. The van der Waals surface area contributed by atoms with Crippen LogP contribution < -0.4 is 0 Å². The fourth-order valence-electron chi connectivity index (χ4n) is 7.24. The van der Waals surface area contributed by atoms with Crippen LogP contribution in [0.15, 0.2) is 12.2 Å². The van der Waals surface area contributed by atoms with E-state index >= 15 is 0 Å². The van der Waals surface area contributed by atoms with E-state index in [1.807, 2.05) is 0 Å². The maximum absolute atomic E-state index is 12.0. The second-order valence-corrected chi connectivity index (χ2v) is 9.32. The number of hydrogen-bond acceptors (Lipinski definition) is 4. The zero-order valence-electron chi connectivity index (χ0n) is 15.6. The van der Waals surface area contributed by atoms with Crippen molar-refractivity contribution in [2.24, 2.45) is 34.5 Å². The lowest BCUT2D eigenvalue weighted by Gasteiger charge is -2.60. The molecule has 4 aliphatic carbocycles. The summed E-state index contributed by atoms with van der Waals surface area (Å²) in [6.45, 7) is 2.50. The third kappa shape index (κ3) is 2.68. The first kappa shape index (κ1) is 17.5. The van der Waals surface area contributed by atoms with Crippen LogP contribution in [0.3, 0.4) is 0 Å². The van der Waals surface area contributed by atoms with Gasteiger partial charge >= 0.3 is 5.97 Å². The van der Waals surface area contributed by atoms with Crippen LogP contribution in [0.5, 0.6) is 0 Å². The maximum atomic E-state index is 12.0. The second-order valence-electron chi connectivity index (χ2n) is 9.32. The molecule has 0 aromatic rings. The predicted molar refractivity (Wildman–Crippen MR) is 94.7 cm³/mol. The minimum atomic E-state index is -0.0597. The van der Waals surface area contributed by atoms with Crippen molar-refractivity contribution in [1.29, 1.82) is 0 Å². The van der Waals surface area contributed by atoms with Crippen molar-refractivity contribution < 1.29 is 19.7 Å². The molecule has 4 rings (SSSR count). The van der Waals surface area contributed by atoms with Gasteiger partial charge in [-0.2, -0.15) is 0 Å². The lowest BCUT2D eigenvalue weighted by molar-refractivity contribution is -0.295. The average Bonchev–Trinajstić information content (AvgIpc) is 3.04. The molecule has 0 saturated heterocycles. The summed E-state index contributed by atoms with van der Waals surface area (Å²) < 4.78 is 5.01. The summed E-state index contributed by atoms with van der Waals surface area (Å²) in [6, 6.07) is 0. The fourth-order valence-corrected chi connectivity index (χ4v) is 7.24. The van der Waals surface area contributed by atoms with Crippen LogP contribution in [-0.2, 0) is 14.4 Å². The Morgan fingerprint density at radius 3 is 2.80 bits per heavy atom. The minimum Gasteiger partial charge on any atom is -0.469 e. The van der Waals surface area contributed by atoms with Gasteiger partial charge in [-0.15, -0.1) is 0 Å². The second kappa shape index (κ2) is 6.38. The molecule has 1 unspecified atom stereocenters. The number of carbonyl (C=O) groups is 1. The molecule has 25 heavy (non-hydrogen) atoms. The first-order valence-corrected chi connectivity index (χ1v) is 10.1. The number of ether oxygens (including phenoxy) is 1. The molecule has 0 aromatic carbocycles. The molecule has 140 valence electrons. The van der Waals surface area contributed by atoms with E-state index in [0.717, 1.165) is 43.9 Å². The van der Waals surface area contributed by atoms with Crippen LogP contribution in [0.1, 0.15) is 64.7 Å². The highest BCUT2D eigenvalue weighted by molar-refractivity contribution is 5.70. The molecule has 3 fully saturated rings. The lowest BCUT2D eigenvalue weighted by Crippen LogP contribution is -2.54. The highest BCUT2D eigenvalue weighted by Crippen LogP contribution is 2.65. The molecule has 4 aliphatic rings. The van der Waals surface area contributed by atoms with Crippen molar-refractivity contribution in [3.63, 3.8) is 0 Å². The Morgan fingerprint density at radius 1 is 1.20 bits per heavy atom. The SMILES string of the molecule is COC(=O)C[C@@]12C=CC[C@H]1[C@@H]1CCC3C[C@@H](OO)CC[C@]3(C)[C@H]1CC2. The Bertz CT molecular complexity index is 558. The van der Waals surface area contributed by atoms with Crippen molar-refractivity contribution >= 4 is 5.97 Å². The molecule has 0 amide bonds. The van der Waals surface area contributed by atoms with Gasteiger partial charge in [0, 0.05) is 5.41 Å². The molecular formula is C21H32O4. The Balaban J connectivity index is 1.56. The van der Waals surface area contributed by atoms with E-state index in [2.05, 4.69) is 19.1 Å². The minimum absolute atomic E-state index is 0.0322. The zero-order valence-corrected chi connectivity index (χ0v) is 15.6. The molecule has 4 heteroatoms. The van der Waals surface area contributed by atoms with E-state index in [1.165, 1.54) is 26.4 Å². The van der Waals surface area contributed by atoms with Gasteiger partial charge in [-0.1, -0.05) is 19.1 Å². The topological polar surface area (TPSA) is 55.8 Å². The third-order valence-corrected chi connectivity index (χ3v) is 8.56. The molecular weight excluding hydrogens is 316 g/mol. The third-order valence-electron chi connectivity index (χ3n) is 8.56. The van der Waals surface area contributed by atoms with Gasteiger partial charge in [-0.3, -0.25) is 10.1 Å². The summed E-state index contributed by atoms with van der Waals surface area (Å²) in [5.41, 5.74) is 0.417. The van der Waals surface area contributed by atoms with E-state index in [4.69, 9.17) is 14.9 Å². The molecule has 0 bridgehead atoms. The van der Waals surface area contributed by atoms with Crippen LogP contribution in [-0.4, -0.2) is 24.4 Å². The van der Waals surface area contributed by atoms with Crippen molar-refractivity contribution in [2.45, 2.75) is 70.8 Å². The normalized spacial score (nSPS) is 48.4. The summed E-state index contributed by atoms with van der Waals surface area (Å²) in [5, 5.41) is 9.11. The highest BCUT2D eigenvalue weighted by Gasteiger charge is 2.58. The van der Waals surface area contributed by atoms with Gasteiger partial charge < -0.3 is 4.74 Å². The Labute approximate surface area is 150 Å². The standard InChI is InChI=1S/C21H32O4/c1-20-10-7-15(25-23)12-14(20)5-6-16-17(20)8-11-21(13-19(22)24-2)9-3-4-18(16)21/h3,9,14-18,23H,4-8,10-13H2,1-2H3/t14?,15-,16+,17-,18-,20-,21-/m0/s1. The van der Waals surface area contributed by atoms with Crippen LogP contribution in [0.4, 0.5) is 0 Å². The van der Waals surface area contributed by atoms with Gasteiger partial charge in [0.1, 0.15) is 0 Å². The summed E-state index contributed by atoms with van der Waals surface area (Å²) in [4.78, 5) is 16.7. The van der Waals surface area contributed by atoms with Crippen LogP contribution in [0.25, 0.3) is 0 Å².